The molecule has 240 valence electrons. The van der Waals surface area contributed by atoms with Crippen molar-refractivity contribution in [1.82, 2.24) is 15.2 Å². The molecule has 6 atom stereocenters. The number of aromatic nitrogens is 1. The third-order valence-electron chi connectivity index (χ3n) is 9.52. The minimum atomic E-state index is -3.25. The van der Waals surface area contributed by atoms with E-state index >= 15 is 8.78 Å². The van der Waals surface area contributed by atoms with Crippen molar-refractivity contribution in [3.63, 3.8) is 0 Å². The zero-order valence-electron chi connectivity index (χ0n) is 26.2. The van der Waals surface area contributed by atoms with Gasteiger partial charge in [0.2, 0.25) is 11.8 Å². The molecule has 1 aromatic heterocycles. The molecule has 2 aromatic rings. The van der Waals surface area contributed by atoms with Crippen molar-refractivity contribution in [1.29, 1.82) is 0 Å². The van der Waals surface area contributed by atoms with E-state index in [0.717, 1.165) is 0 Å². The number of ether oxygens (including phenoxy) is 2. The zero-order valence-corrected chi connectivity index (χ0v) is 27.0. The maximum atomic E-state index is 16.0. The summed E-state index contributed by atoms with van der Waals surface area (Å²) in [7, 11) is 0. The quantitative estimate of drug-likeness (QED) is 0.381. The first-order chi connectivity index (χ1) is 20.5. The number of alkyl carbamates (subject to hydrolysis) is 1. The highest BCUT2D eigenvalue weighted by molar-refractivity contribution is 6.31. The molecule has 0 radical (unpaired) electrons. The average Bonchev–Trinajstić information content (AvgIpc) is 3.40. The number of ketones is 1. The molecule has 0 unspecified atom stereocenters. The molecular weight excluding hydrogens is 592 g/mol. The Hall–Kier alpha value is -3.01. The standard InChI is InChI=1S/C33H42ClF2N3O5/c1-7-22-25-17-39(26(22)18(2)40)29(41)27(31(3,4)5)38-30(42)44-32(6)16-20(32)10-8-9-13-33(35,36)23-14-19-11-12-21(34)15-24(19)37-28(23)43-25/h11-12,14-15,20,22,25-27H,7-10,13,16-17H2,1-6H3,(H,38,42)/t20-,22-,25+,26-,27-,32-/m1/s1. The van der Waals surface area contributed by atoms with E-state index < -0.39 is 59.5 Å². The predicted molar refractivity (Wildman–Crippen MR) is 163 cm³/mol. The number of carbonyl (C=O) groups is 3. The Morgan fingerprint density at radius 2 is 1.93 bits per heavy atom. The number of nitrogens with one attached hydrogen (secondary N) is 1. The number of hydrogen-bond donors (Lipinski definition) is 1. The molecule has 1 saturated carbocycles. The van der Waals surface area contributed by atoms with Gasteiger partial charge in [0, 0.05) is 28.7 Å². The fourth-order valence-corrected chi connectivity index (χ4v) is 7.03. The highest BCUT2D eigenvalue weighted by atomic mass is 35.5. The Balaban J connectivity index is 1.60. The molecule has 3 aliphatic rings. The van der Waals surface area contributed by atoms with Gasteiger partial charge in [0.25, 0.3) is 5.92 Å². The monoisotopic (exact) mass is 633 g/mol. The van der Waals surface area contributed by atoms with Crippen molar-refractivity contribution in [3.8, 4) is 5.88 Å². The Morgan fingerprint density at radius 1 is 1.20 bits per heavy atom. The molecule has 2 fully saturated rings. The molecule has 8 nitrogen and oxygen atoms in total. The van der Waals surface area contributed by atoms with Crippen LogP contribution in [-0.2, 0) is 20.2 Å². The number of halogens is 3. The number of rotatable bonds is 2. The number of nitrogens with zero attached hydrogens (tertiary/aromatic N) is 2. The van der Waals surface area contributed by atoms with Gasteiger partial charge in [-0.25, -0.2) is 18.6 Å². The first-order valence-electron chi connectivity index (χ1n) is 15.5. The second-order valence-corrected chi connectivity index (χ2v) is 14.4. The molecule has 1 aliphatic carbocycles. The second-order valence-electron chi connectivity index (χ2n) is 13.9. The summed E-state index contributed by atoms with van der Waals surface area (Å²) in [5, 5.41) is 3.70. The highest BCUT2D eigenvalue weighted by Crippen LogP contribution is 2.50. The number of alkyl halides is 2. The number of amides is 2. The summed E-state index contributed by atoms with van der Waals surface area (Å²) in [6.07, 6.45) is 0.570. The Morgan fingerprint density at radius 3 is 2.59 bits per heavy atom. The van der Waals surface area contributed by atoms with Crippen LogP contribution in [0.25, 0.3) is 10.9 Å². The van der Waals surface area contributed by atoms with Crippen LogP contribution in [0.1, 0.15) is 85.6 Å². The van der Waals surface area contributed by atoms with Gasteiger partial charge in [0.05, 0.1) is 23.7 Å². The summed E-state index contributed by atoms with van der Waals surface area (Å²) in [6, 6.07) is 4.40. The van der Waals surface area contributed by atoms with Crippen LogP contribution < -0.4 is 10.1 Å². The third-order valence-corrected chi connectivity index (χ3v) is 9.75. The summed E-state index contributed by atoms with van der Waals surface area (Å²) in [6.45, 7) is 10.5. The molecule has 0 spiro atoms. The van der Waals surface area contributed by atoms with Crippen molar-refractivity contribution >= 4 is 40.3 Å². The molecular formula is C33H42ClF2N3O5. The number of carbonyl (C=O) groups excluding carboxylic acids is 3. The number of Topliss-reactive ketones (excluding diaryl/α,β-unsaturated/α-hetero) is 1. The summed E-state index contributed by atoms with van der Waals surface area (Å²) in [5.41, 5.74) is -1.37. The van der Waals surface area contributed by atoms with Gasteiger partial charge in [-0.15, -0.1) is 0 Å². The van der Waals surface area contributed by atoms with Crippen molar-refractivity contribution in [2.75, 3.05) is 6.54 Å². The lowest BCUT2D eigenvalue weighted by molar-refractivity contribution is -0.141. The van der Waals surface area contributed by atoms with Crippen LogP contribution in [0.5, 0.6) is 5.88 Å². The van der Waals surface area contributed by atoms with E-state index in [-0.39, 0.29) is 36.1 Å². The van der Waals surface area contributed by atoms with E-state index in [2.05, 4.69) is 10.3 Å². The summed E-state index contributed by atoms with van der Waals surface area (Å²) in [4.78, 5) is 46.3. The number of pyridine rings is 1. The summed E-state index contributed by atoms with van der Waals surface area (Å²) in [5.74, 6) is -4.64. The average molecular weight is 634 g/mol. The minimum absolute atomic E-state index is 0.0367. The normalized spacial score (nSPS) is 31.1. The second kappa shape index (κ2) is 11.7. The zero-order chi connectivity index (χ0) is 32.2. The van der Waals surface area contributed by atoms with Gasteiger partial charge in [-0.05, 0) is 63.1 Å². The van der Waals surface area contributed by atoms with E-state index in [4.69, 9.17) is 21.1 Å². The van der Waals surface area contributed by atoms with Gasteiger partial charge in [0.15, 0.2) is 5.78 Å². The first kappa shape index (κ1) is 32.4. The molecule has 1 aromatic carbocycles. The first-order valence-corrected chi connectivity index (χ1v) is 15.9. The van der Waals surface area contributed by atoms with Gasteiger partial charge >= 0.3 is 6.09 Å². The number of hydrogen-bond acceptors (Lipinski definition) is 6. The third kappa shape index (κ3) is 6.37. The van der Waals surface area contributed by atoms with Crippen LogP contribution in [0.15, 0.2) is 24.3 Å². The van der Waals surface area contributed by atoms with Gasteiger partial charge in [0.1, 0.15) is 17.7 Å². The van der Waals surface area contributed by atoms with Crippen LogP contribution in [0.4, 0.5) is 13.6 Å². The van der Waals surface area contributed by atoms with Crippen LogP contribution in [0.3, 0.4) is 0 Å². The molecule has 5 rings (SSSR count). The topological polar surface area (TPSA) is 97.8 Å². The van der Waals surface area contributed by atoms with Crippen LogP contribution in [-0.4, -0.2) is 58.0 Å². The van der Waals surface area contributed by atoms with Gasteiger partial charge in [-0.1, -0.05) is 51.8 Å². The molecule has 3 heterocycles. The smallest absolute Gasteiger partial charge is 0.408 e. The molecule has 2 amide bonds. The van der Waals surface area contributed by atoms with Crippen molar-refractivity contribution < 1.29 is 32.6 Å². The van der Waals surface area contributed by atoms with Gasteiger partial charge in [-0.3, -0.25) is 9.59 Å². The van der Waals surface area contributed by atoms with Crippen molar-refractivity contribution in [3.05, 3.63) is 34.9 Å². The maximum Gasteiger partial charge on any atom is 0.408 e. The van der Waals surface area contributed by atoms with E-state index in [1.54, 1.807) is 18.2 Å². The highest BCUT2D eigenvalue weighted by Gasteiger charge is 2.55. The maximum absolute atomic E-state index is 16.0. The predicted octanol–water partition coefficient (Wildman–Crippen LogP) is 7.05. The van der Waals surface area contributed by atoms with E-state index in [1.165, 1.54) is 17.9 Å². The molecule has 44 heavy (non-hydrogen) atoms. The molecule has 2 bridgehead atoms. The SMILES string of the molecule is CC[C@@H]1[C@@H]2CN(C(=O)[C@H](C(C)(C)C)NC(=O)O[C@]3(C)C[C@H]3CCCCC(F)(F)c3cc4ccc(Cl)cc4nc3O2)[C@@H]1C(C)=O. The van der Waals surface area contributed by atoms with Crippen molar-refractivity contribution in [2.45, 2.75) is 110 Å². The Kier molecular flexibility index (Phi) is 8.63. The van der Waals surface area contributed by atoms with E-state index in [9.17, 15) is 14.4 Å². The molecule has 1 N–H and O–H groups in total. The summed E-state index contributed by atoms with van der Waals surface area (Å²) < 4.78 is 44.1. The molecule has 2 aliphatic heterocycles. The number of fused-ring (bicyclic) bond motifs is 5. The van der Waals surface area contributed by atoms with Crippen molar-refractivity contribution in [2.24, 2.45) is 17.3 Å². The van der Waals surface area contributed by atoms with E-state index in [0.29, 0.717) is 41.6 Å². The Labute approximate surface area is 262 Å². The molecule has 11 heteroatoms. The van der Waals surface area contributed by atoms with Crippen LogP contribution in [0.2, 0.25) is 5.02 Å². The largest absolute Gasteiger partial charge is 0.472 e. The lowest BCUT2D eigenvalue weighted by Gasteiger charge is -2.35. The number of benzene rings is 1. The Bertz CT molecular complexity index is 1460. The van der Waals surface area contributed by atoms with Gasteiger partial charge in [-0.2, -0.15) is 0 Å². The summed E-state index contributed by atoms with van der Waals surface area (Å²) >= 11 is 6.21. The lowest BCUT2D eigenvalue weighted by Crippen LogP contribution is -2.57. The molecule has 1 saturated heterocycles. The minimum Gasteiger partial charge on any atom is -0.472 e. The van der Waals surface area contributed by atoms with Crippen LogP contribution in [0, 0.1) is 17.3 Å². The van der Waals surface area contributed by atoms with Crippen LogP contribution >= 0.6 is 11.6 Å². The fourth-order valence-electron chi connectivity index (χ4n) is 6.86. The fraction of sp³-hybridized carbons (Fsp3) is 0.636. The lowest BCUT2D eigenvalue weighted by atomic mass is 9.85. The van der Waals surface area contributed by atoms with Gasteiger partial charge < -0.3 is 19.7 Å². The van der Waals surface area contributed by atoms with E-state index in [1.807, 2.05) is 34.6 Å².